The number of aromatic amines is 1. The SMILES string of the molecule is C=CC1=C(C)[C@@H](CC2N/C(=C\c3[nH]c(/C=C4\NC(=O)[C@H](C)[C@H]4[C@H]4CS4)c(C)c3CCC(=O)O)C(C[C@H](O)C(=O)O)=C2C)NC1=O. The highest BCUT2D eigenvalue weighted by atomic mass is 32.2. The smallest absolute Gasteiger partial charge is 0.332 e. The minimum atomic E-state index is -1.62. The van der Waals surface area contributed by atoms with Crippen LogP contribution in [-0.2, 0) is 25.6 Å². The van der Waals surface area contributed by atoms with E-state index < -0.39 is 18.0 Å². The van der Waals surface area contributed by atoms with Gasteiger partial charge in [-0.2, -0.15) is 11.8 Å². The number of aliphatic hydroxyl groups excluding tert-OH is 1. The van der Waals surface area contributed by atoms with E-state index in [2.05, 4.69) is 27.5 Å². The van der Waals surface area contributed by atoms with Crippen LogP contribution in [0.5, 0.6) is 0 Å². The molecule has 2 fully saturated rings. The van der Waals surface area contributed by atoms with E-state index in [9.17, 15) is 34.5 Å². The third-order valence-corrected chi connectivity index (χ3v) is 10.5. The fraction of sp³-hybridized carbons (Fsp3) is 0.455. The summed E-state index contributed by atoms with van der Waals surface area (Å²) in [5, 5.41) is 39.2. The molecular formula is C33H40N4O7S. The van der Waals surface area contributed by atoms with Gasteiger partial charge in [0.15, 0.2) is 6.10 Å². The molecule has 2 amide bonds. The van der Waals surface area contributed by atoms with Crippen LogP contribution in [0.1, 0.15) is 62.5 Å². The van der Waals surface area contributed by atoms with Crippen LogP contribution in [0.4, 0.5) is 0 Å². The zero-order valence-corrected chi connectivity index (χ0v) is 26.6. The standard InChI is InChI=1S/C33H40N4O7S/c1-6-18-14(2)23(36-32(18)42)10-21-16(4)20(9-27(38)33(43)44)25(35-21)12-24-19(7-8-29(39)40)15(3)22(34-24)11-26-30(28-13-45-28)17(5)31(41)37-26/h6,11-12,17,21,23,27-28,30,34-35,38H,1,7-10,13H2,2-5H3,(H,36,42)(H,37,41)(H,39,40)(H,43,44)/b25-12-,26-11-/t17-,21?,23-,27+,28-,30-/m1/s1. The quantitative estimate of drug-likeness (QED) is 0.170. The first-order valence-corrected chi connectivity index (χ1v) is 16.2. The lowest BCUT2D eigenvalue weighted by atomic mass is 9.91. The normalized spacial score (nSPS) is 28.5. The minimum Gasteiger partial charge on any atom is -0.481 e. The molecule has 240 valence electrons. The molecule has 4 aliphatic heterocycles. The highest BCUT2D eigenvalue weighted by Gasteiger charge is 2.45. The maximum Gasteiger partial charge on any atom is 0.332 e. The van der Waals surface area contributed by atoms with Crippen molar-refractivity contribution in [2.75, 3.05) is 5.75 Å². The van der Waals surface area contributed by atoms with E-state index in [0.717, 1.165) is 39.4 Å². The molecule has 7 N–H and O–H groups in total. The lowest BCUT2D eigenvalue weighted by molar-refractivity contribution is -0.146. The number of thioether (sulfide) groups is 1. The van der Waals surface area contributed by atoms with Gasteiger partial charge >= 0.3 is 11.9 Å². The molecule has 45 heavy (non-hydrogen) atoms. The Balaban J connectivity index is 1.53. The predicted octanol–water partition coefficient (Wildman–Crippen LogP) is 3.03. The number of carboxylic acids is 2. The van der Waals surface area contributed by atoms with Gasteiger partial charge in [-0.25, -0.2) is 4.79 Å². The van der Waals surface area contributed by atoms with E-state index in [1.807, 2.05) is 51.6 Å². The van der Waals surface area contributed by atoms with Crippen molar-refractivity contribution in [3.8, 4) is 0 Å². The molecule has 0 bridgehead atoms. The van der Waals surface area contributed by atoms with Gasteiger partial charge in [0.2, 0.25) is 5.91 Å². The van der Waals surface area contributed by atoms with Gasteiger partial charge in [-0.1, -0.05) is 19.6 Å². The van der Waals surface area contributed by atoms with Crippen LogP contribution in [0.25, 0.3) is 12.2 Å². The third kappa shape index (κ3) is 6.53. The maximum atomic E-state index is 12.6. The molecular weight excluding hydrogens is 596 g/mol. The molecule has 1 unspecified atom stereocenters. The highest BCUT2D eigenvalue weighted by Crippen LogP contribution is 2.46. The lowest BCUT2D eigenvalue weighted by Crippen LogP contribution is -2.36. The number of nitrogens with one attached hydrogen (secondary N) is 4. The number of aliphatic carboxylic acids is 2. The molecule has 1 aromatic heterocycles. The number of carbonyl (C=O) groups is 4. The van der Waals surface area contributed by atoms with Crippen molar-refractivity contribution in [1.29, 1.82) is 0 Å². The van der Waals surface area contributed by atoms with Gasteiger partial charge < -0.3 is 36.3 Å². The molecule has 1 aromatic rings. The van der Waals surface area contributed by atoms with E-state index in [4.69, 9.17) is 0 Å². The number of rotatable bonds is 12. The first-order chi connectivity index (χ1) is 21.3. The molecule has 4 aliphatic rings. The predicted molar refractivity (Wildman–Crippen MR) is 172 cm³/mol. The van der Waals surface area contributed by atoms with Gasteiger partial charge in [-0.15, -0.1) is 0 Å². The number of aromatic nitrogens is 1. The minimum absolute atomic E-state index is 0.0106. The van der Waals surface area contributed by atoms with Crippen molar-refractivity contribution < 1.29 is 34.5 Å². The largest absolute Gasteiger partial charge is 0.481 e. The second-order valence-electron chi connectivity index (χ2n) is 12.3. The number of carbonyl (C=O) groups excluding carboxylic acids is 2. The Morgan fingerprint density at radius 2 is 1.76 bits per heavy atom. The summed E-state index contributed by atoms with van der Waals surface area (Å²) in [4.78, 5) is 51.6. The number of carboxylic acid groups (broad SMARTS) is 2. The summed E-state index contributed by atoms with van der Waals surface area (Å²) in [6, 6.07) is -0.509. The van der Waals surface area contributed by atoms with Crippen molar-refractivity contribution in [3.05, 3.63) is 68.9 Å². The van der Waals surface area contributed by atoms with Gasteiger partial charge in [-0.05, 0) is 73.6 Å². The molecule has 12 heteroatoms. The third-order valence-electron chi connectivity index (χ3n) is 9.48. The van der Waals surface area contributed by atoms with E-state index in [0.29, 0.717) is 34.2 Å². The van der Waals surface area contributed by atoms with Crippen LogP contribution in [0.2, 0.25) is 0 Å². The number of amides is 2. The highest BCUT2D eigenvalue weighted by molar-refractivity contribution is 8.06. The fourth-order valence-electron chi connectivity index (χ4n) is 6.65. The van der Waals surface area contributed by atoms with Crippen molar-refractivity contribution in [2.45, 2.75) is 76.8 Å². The van der Waals surface area contributed by atoms with Crippen molar-refractivity contribution in [1.82, 2.24) is 20.9 Å². The van der Waals surface area contributed by atoms with Crippen LogP contribution in [0, 0.1) is 18.8 Å². The Bertz CT molecular complexity index is 1600. The number of hydrogen-bond donors (Lipinski definition) is 7. The van der Waals surface area contributed by atoms with E-state index in [1.54, 1.807) is 0 Å². The van der Waals surface area contributed by atoms with Crippen LogP contribution in [0.15, 0.2) is 46.3 Å². The Morgan fingerprint density at radius 3 is 2.36 bits per heavy atom. The molecule has 0 saturated carbocycles. The first-order valence-electron chi connectivity index (χ1n) is 15.1. The summed E-state index contributed by atoms with van der Waals surface area (Å²) in [7, 11) is 0. The Labute approximate surface area is 266 Å². The average Bonchev–Trinajstić information content (AvgIpc) is 3.56. The summed E-state index contributed by atoms with van der Waals surface area (Å²) in [6.07, 6.45) is 4.24. The van der Waals surface area contributed by atoms with Gasteiger partial charge in [0.1, 0.15) is 0 Å². The van der Waals surface area contributed by atoms with E-state index >= 15 is 0 Å². The number of hydrogen-bond acceptors (Lipinski definition) is 7. The average molecular weight is 637 g/mol. The zero-order chi connectivity index (χ0) is 32.7. The molecule has 5 rings (SSSR count). The fourth-order valence-corrected chi connectivity index (χ4v) is 7.56. The van der Waals surface area contributed by atoms with E-state index in [-0.39, 0.29) is 55.0 Å². The van der Waals surface area contributed by atoms with Gasteiger partial charge in [0.05, 0.1) is 6.04 Å². The Kier molecular flexibility index (Phi) is 9.18. The number of H-pyrrole nitrogens is 1. The summed E-state index contributed by atoms with van der Waals surface area (Å²) in [6.45, 7) is 11.4. The van der Waals surface area contributed by atoms with Crippen molar-refractivity contribution in [3.63, 3.8) is 0 Å². The zero-order valence-electron chi connectivity index (χ0n) is 25.8. The Morgan fingerprint density at radius 1 is 1.07 bits per heavy atom. The maximum absolute atomic E-state index is 12.6. The first kappa shape index (κ1) is 32.4. The molecule has 5 heterocycles. The molecule has 2 saturated heterocycles. The van der Waals surface area contributed by atoms with Crippen LogP contribution < -0.4 is 16.0 Å². The van der Waals surface area contributed by atoms with Gasteiger partial charge in [-0.3, -0.25) is 14.4 Å². The second kappa shape index (κ2) is 12.8. The number of aliphatic hydroxyl groups is 1. The summed E-state index contributed by atoms with van der Waals surface area (Å²) in [5.41, 5.74) is 7.44. The van der Waals surface area contributed by atoms with Gasteiger partial charge in [0, 0.05) is 70.1 Å². The summed E-state index contributed by atoms with van der Waals surface area (Å²) < 4.78 is 0. The molecule has 0 aromatic carbocycles. The van der Waals surface area contributed by atoms with Crippen molar-refractivity contribution in [2.24, 2.45) is 11.8 Å². The Hall–Kier alpha value is -4.03. The molecule has 11 nitrogen and oxygen atoms in total. The molecule has 0 aliphatic carbocycles. The summed E-state index contributed by atoms with van der Waals surface area (Å²) >= 11 is 1.83. The van der Waals surface area contributed by atoms with Crippen LogP contribution >= 0.6 is 11.8 Å². The van der Waals surface area contributed by atoms with E-state index in [1.165, 1.54) is 6.08 Å². The molecule has 0 radical (unpaired) electrons. The topological polar surface area (TPSA) is 181 Å². The van der Waals surface area contributed by atoms with Crippen LogP contribution in [0.3, 0.4) is 0 Å². The second-order valence-corrected chi connectivity index (χ2v) is 13.5. The number of allylic oxidation sites excluding steroid dienone is 2. The molecule has 0 spiro atoms. The monoisotopic (exact) mass is 636 g/mol. The summed E-state index contributed by atoms with van der Waals surface area (Å²) in [5.74, 6) is -1.52. The molecule has 6 atom stereocenters. The van der Waals surface area contributed by atoms with Gasteiger partial charge in [0.25, 0.3) is 5.91 Å². The van der Waals surface area contributed by atoms with Crippen LogP contribution in [-0.4, -0.2) is 73.2 Å². The lowest BCUT2D eigenvalue weighted by Gasteiger charge is -2.20. The van der Waals surface area contributed by atoms with Crippen molar-refractivity contribution >= 4 is 47.7 Å².